The predicted octanol–water partition coefficient (Wildman–Crippen LogP) is 2.75. The molecule has 1 aromatic rings. The van der Waals surface area contributed by atoms with E-state index in [-0.39, 0.29) is 17.0 Å². The smallest absolute Gasteiger partial charge is 0.355 e. The standard InChI is InChI=1S/C27H32N2O8S/c1-26(2,3)36-17(30)13-12-16-14-38-23-19(22(32)29(23)20(16)25(35)37-27(4,5)6)28-21(31)18(24(33)34)15-10-8-7-9-11-15/h7-13,18-19,23H,14H2,1-6H3,(H,28,31)(H,33,34)/t18?,19?,23-/m1/s1. The lowest BCUT2D eigenvalue weighted by Gasteiger charge is -2.49. The number of aliphatic carboxylic acids is 1. The molecular weight excluding hydrogens is 512 g/mol. The first-order chi connectivity index (χ1) is 17.6. The number of rotatable bonds is 7. The fourth-order valence-corrected chi connectivity index (χ4v) is 5.20. The van der Waals surface area contributed by atoms with Gasteiger partial charge in [-0.05, 0) is 58.8 Å². The van der Waals surface area contributed by atoms with E-state index in [4.69, 9.17) is 9.47 Å². The molecule has 0 radical (unpaired) electrons. The summed E-state index contributed by atoms with van der Waals surface area (Å²) in [5, 5.41) is 11.5. The minimum Gasteiger partial charge on any atom is -0.480 e. The molecule has 10 nitrogen and oxygen atoms in total. The molecule has 1 saturated heterocycles. The van der Waals surface area contributed by atoms with Crippen molar-refractivity contribution in [2.45, 2.75) is 70.1 Å². The zero-order valence-electron chi connectivity index (χ0n) is 22.1. The zero-order chi connectivity index (χ0) is 28.4. The van der Waals surface area contributed by atoms with Gasteiger partial charge in [0.15, 0.2) is 5.92 Å². The lowest BCUT2D eigenvalue weighted by molar-refractivity contribution is -0.159. The molecule has 0 aliphatic carbocycles. The molecule has 2 unspecified atom stereocenters. The van der Waals surface area contributed by atoms with Crippen LogP contribution < -0.4 is 5.32 Å². The molecule has 2 aliphatic rings. The van der Waals surface area contributed by atoms with Crippen LogP contribution in [0.3, 0.4) is 0 Å². The third-order valence-corrected chi connectivity index (χ3v) is 6.66. The summed E-state index contributed by atoms with van der Waals surface area (Å²) in [6, 6.07) is 6.95. The molecule has 11 heteroatoms. The summed E-state index contributed by atoms with van der Waals surface area (Å²) in [6.07, 6.45) is 2.61. The van der Waals surface area contributed by atoms with Gasteiger partial charge in [0.25, 0.3) is 5.91 Å². The molecule has 0 saturated carbocycles. The first kappa shape index (κ1) is 29.0. The van der Waals surface area contributed by atoms with Crippen LogP contribution in [-0.4, -0.2) is 68.1 Å². The largest absolute Gasteiger partial charge is 0.480 e. The molecule has 0 aromatic heterocycles. The number of ether oxygens (including phenoxy) is 2. The minimum atomic E-state index is -1.50. The lowest BCUT2D eigenvalue weighted by atomic mass is 9.96. The number of β-lactam (4-membered cyclic amide) rings is 1. The van der Waals surface area contributed by atoms with Gasteiger partial charge in [0.2, 0.25) is 5.91 Å². The third-order valence-electron chi connectivity index (χ3n) is 5.36. The molecule has 2 amide bonds. The second-order valence-electron chi connectivity index (χ2n) is 10.8. The van der Waals surface area contributed by atoms with E-state index < -0.39 is 58.3 Å². The van der Waals surface area contributed by atoms with Crippen molar-refractivity contribution in [3.8, 4) is 0 Å². The van der Waals surface area contributed by atoms with Crippen molar-refractivity contribution in [2.24, 2.45) is 0 Å². The van der Waals surface area contributed by atoms with Gasteiger partial charge in [0.1, 0.15) is 28.3 Å². The number of hydrogen-bond acceptors (Lipinski definition) is 8. The van der Waals surface area contributed by atoms with E-state index in [0.29, 0.717) is 5.57 Å². The number of carboxylic acid groups (broad SMARTS) is 1. The highest BCUT2D eigenvalue weighted by molar-refractivity contribution is 8.00. The van der Waals surface area contributed by atoms with Crippen LogP contribution in [0.2, 0.25) is 0 Å². The summed E-state index contributed by atoms with van der Waals surface area (Å²) >= 11 is 1.27. The van der Waals surface area contributed by atoms with E-state index in [9.17, 15) is 29.1 Å². The number of thioether (sulfide) groups is 1. The number of benzene rings is 1. The predicted molar refractivity (Wildman–Crippen MR) is 140 cm³/mol. The summed E-state index contributed by atoms with van der Waals surface area (Å²) < 4.78 is 10.8. The molecule has 204 valence electrons. The average molecular weight is 545 g/mol. The number of carbonyl (C=O) groups excluding carboxylic acids is 4. The number of amides is 2. The van der Waals surface area contributed by atoms with Gasteiger partial charge in [-0.25, -0.2) is 9.59 Å². The maximum absolute atomic E-state index is 13.2. The molecule has 38 heavy (non-hydrogen) atoms. The zero-order valence-corrected chi connectivity index (χ0v) is 23.0. The van der Waals surface area contributed by atoms with Crippen LogP contribution in [0.5, 0.6) is 0 Å². The number of carboxylic acids is 1. The average Bonchev–Trinajstić information content (AvgIpc) is 2.78. The van der Waals surface area contributed by atoms with Crippen LogP contribution in [0.1, 0.15) is 53.0 Å². The van der Waals surface area contributed by atoms with Crippen molar-refractivity contribution < 1.29 is 38.6 Å². The molecule has 3 rings (SSSR count). The molecule has 2 aliphatic heterocycles. The Hall–Kier alpha value is -3.60. The minimum absolute atomic E-state index is 0.0307. The number of fused-ring (bicyclic) bond motifs is 1. The monoisotopic (exact) mass is 544 g/mol. The molecular formula is C27H32N2O8S. The highest BCUT2D eigenvalue weighted by Crippen LogP contribution is 2.41. The Bertz CT molecular complexity index is 1190. The Labute approximate surface area is 225 Å². The van der Waals surface area contributed by atoms with Crippen molar-refractivity contribution >= 4 is 41.5 Å². The maximum Gasteiger partial charge on any atom is 0.355 e. The number of hydrogen-bond donors (Lipinski definition) is 2. The number of carbonyl (C=O) groups is 5. The summed E-state index contributed by atoms with van der Waals surface area (Å²) in [6.45, 7) is 10.2. The van der Waals surface area contributed by atoms with E-state index in [1.807, 2.05) is 0 Å². The first-order valence-corrected chi connectivity index (χ1v) is 13.0. The lowest BCUT2D eigenvalue weighted by Crippen LogP contribution is -2.71. The van der Waals surface area contributed by atoms with Gasteiger partial charge in [-0.3, -0.25) is 19.3 Å². The molecule has 3 atom stereocenters. The van der Waals surface area contributed by atoms with Crippen LogP contribution in [0.15, 0.2) is 53.8 Å². The summed E-state index contributed by atoms with van der Waals surface area (Å²) in [5.41, 5.74) is -0.922. The van der Waals surface area contributed by atoms with Crippen LogP contribution in [0, 0.1) is 0 Å². The Morgan fingerprint density at radius 2 is 1.66 bits per heavy atom. The van der Waals surface area contributed by atoms with Gasteiger partial charge in [0.05, 0.1) is 0 Å². The van der Waals surface area contributed by atoms with Crippen LogP contribution in [0.25, 0.3) is 0 Å². The van der Waals surface area contributed by atoms with E-state index >= 15 is 0 Å². The van der Waals surface area contributed by atoms with Gasteiger partial charge >= 0.3 is 17.9 Å². The van der Waals surface area contributed by atoms with Crippen molar-refractivity contribution in [1.29, 1.82) is 0 Å². The van der Waals surface area contributed by atoms with Gasteiger partial charge in [-0.15, -0.1) is 11.8 Å². The van der Waals surface area contributed by atoms with Crippen molar-refractivity contribution in [1.82, 2.24) is 10.2 Å². The van der Waals surface area contributed by atoms with Gasteiger partial charge in [-0.2, -0.15) is 0 Å². The Morgan fingerprint density at radius 1 is 1.05 bits per heavy atom. The number of nitrogens with one attached hydrogen (secondary N) is 1. The quantitative estimate of drug-likeness (QED) is 0.230. The van der Waals surface area contributed by atoms with Gasteiger partial charge in [0, 0.05) is 11.8 Å². The molecule has 1 fully saturated rings. The van der Waals surface area contributed by atoms with E-state index in [1.54, 1.807) is 59.7 Å². The summed E-state index contributed by atoms with van der Waals surface area (Å²) in [5.74, 6) is -5.40. The second-order valence-corrected chi connectivity index (χ2v) is 11.9. The summed E-state index contributed by atoms with van der Waals surface area (Å²) in [7, 11) is 0. The molecule has 0 spiro atoms. The van der Waals surface area contributed by atoms with Crippen LogP contribution in [0.4, 0.5) is 0 Å². The number of nitrogens with zero attached hydrogens (tertiary/aromatic N) is 1. The van der Waals surface area contributed by atoms with Crippen molar-refractivity contribution in [3.05, 3.63) is 59.3 Å². The van der Waals surface area contributed by atoms with Crippen molar-refractivity contribution in [2.75, 3.05) is 5.75 Å². The van der Waals surface area contributed by atoms with E-state index in [0.717, 1.165) is 0 Å². The number of allylic oxidation sites excluding steroid dienone is 1. The van der Waals surface area contributed by atoms with E-state index in [2.05, 4.69) is 5.32 Å². The molecule has 2 N–H and O–H groups in total. The first-order valence-electron chi connectivity index (χ1n) is 12.0. The fourth-order valence-electron chi connectivity index (χ4n) is 3.88. The topological polar surface area (TPSA) is 139 Å². The highest BCUT2D eigenvalue weighted by atomic mass is 32.2. The Morgan fingerprint density at radius 3 is 2.21 bits per heavy atom. The van der Waals surface area contributed by atoms with Crippen LogP contribution >= 0.6 is 11.8 Å². The normalized spacial score (nSPS) is 20.4. The highest BCUT2D eigenvalue weighted by Gasteiger charge is 2.55. The van der Waals surface area contributed by atoms with Gasteiger partial charge < -0.3 is 19.9 Å². The number of esters is 2. The Kier molecular flexibility index (Phi) is 8.40. The summed E-state index contributed by atoms with van der Waals surface area (Å²) in [4.78, 5) is 64.6. The molecule has 1 aromatic carbocycles. The van der Waals surface area contributed by atoms with E-state index in [1.165, 1.54) is 40.9 Å². The second kappa shape index (κ2) is 11.0. The van der Waals surface area contributed by atoms with Crippen molar-refractivity contribution in [3.63, 3.8) is 0 Å². The molecule has 2 heterocycles. The molecule has 0 bridgehead atoms. The fraction of sp³-hybridized carbons (Fsp3) is 0.444. The maximum atomic E-state index is 13.2. The van der Waals surface area contributed by atoms with Gasteiger partial charge in [-0.1, -0.05) is 30.3 Å². The third kappa shape index (κ3) is 6.83. The Balaban J connectivity index is 1.86. The SMILES string of the molecule is CC(C)(C)OC(=O)C=CC1=C(C(=O)OC(C)(C)C)N2C(=O)C(NC(=O)C(C(=O)O)c3ccccc3)[C@H]2SC1. The van der Waals surface area contributed by atoms with Crippen LogP contribution in [-0.2, 0) is 33.4 Å².